The Balaban J connectivity index is 1.77. The summed E-state index contributed by atoms with van der Waals surface area (Å²) in [5.74, 6) is 1.04. The first-order chi connectivity index (χ1) is 9.78. The minimum Gasteiger partial charge on any atom is -0.489 e. The molecule has 1 aliphatic carbocycles. The molecule has 0 saturated heterocycles. The van der Waals surface area contributed by atoms with Crippen molar-refractivity contribution in [2.45, 2.75) is 32.4 Å². The molecule has 1 atom stereocenters. The minimum absolute atomic E-state index is 0.479. The first-order valence-electron chi connectivity index (χ1n) is 7.25. The van der Waals surface area contributed by atoms with Gasteiger partial charge in [-0.3, -0.25) is 0 Å². The van der Waals surface area contributed by atoms with Crippen LogP contribution in [0.4, 0.5) is 0 Å². The molecule has 2 heteroatoms. The molecule has 2 aromatic rings. The summed E-state index contributed by atoms with van der Waals surface area (Å²) in [5.41, 5.74) is 5.28. The van der Waals surface area contributed by atoms with Gasteiger partial charge in [-0.25, -0.2) is 0 Å². The molecular weight excluding hydrogens is 246 g/mol. The summed E-state index contributed by atoms with van der Waals surface area (Å²) in [4.78, 5) is 0. The van der Waals surface area contributed by atoms with E-state index in [-0.39, 0.29) is 0 Å². The molecule has 0 fully saturated rings. The summed E-state index contributed by atoms with van der Waals surface area (Å²) in [6, 6.07) is 15.4. The van der Waals surface area contributed by atoms with Crippen molar-refractivity contribution < 1.29 is 4.74 Å². The predicted octanol–water partition coefficient (Wildman–Crippen LogP) is 3.78. The molecule has 0 saturated carbocycles. The van der Waals surface area contributed by atoms with E-state index in [9.17, 15) is 0 Å². The quantitative estimate of drug-likeness (QED) is 0.910. The molecule has 20 heavy (non-hydrogen) atoms. The zero-order valence-corrected chi connectivity index (χ0v) is 12.1. The number of fused-ring (bicyclic) bond motifs is 1. The van der Waals surface area contributed by atoms with Crippen LogP contribution in [0.1, 0.15) is 34.7 Å². The van der Waals surface area contributed by atoms with Crippen molar-refractivity contribution >= 4 is 0 Å². The average Bonchev–Trinajstić information content (AvgIpc) is 2.89. The molecule has 2 nitrogen and oxygen atoms in total. The largest absolute Gasteiger partial charge is 0.489 e. The van der Waals surface area contributed by atoms with E-state index in [0.717, 1.165) is 18.6 Å². The summed E-state index contributed by atoms with van der Waals surface area (Å²) in [5, 5.41) is 3.37. The number of rotatable bonds is 4. The lowest BCUT2D eigenvalue weighted by Gasteiger charge is -2.13. The van der Waals surface area contributed by atoms with E-state index in [1.54, 1.807) is 0 Å². The maximum atomic E-state index is 6.05. The smallest absolute Gasteiger partial charge is 0.123 e. The second-order valence-electron chi connectivity index (χ2n) is 5.48. The molecule has 1 N–H and O–H groups in total. The van der Waals surface area contributed by atoms with E-state index < -0.39 is 0 Å². The first kappa shape index (κ1) is 13.2. The van der Waals surface area contributed by atoms with E-state index in [1.807, 2.05) is 7.05 Å². The van der Waals surface area contributed by atoms with E-state index >= 15 is 0 Å². The van der Waals surface area contributed by atoms with Crippen molar-refractivity contribution in [3.8, 4) is 5.75 Å². The second kappa shape index (κ2) is 5.68. The van der Waals surface area contributed by atoms with Crippen molar-refractivity contribution in [2.75, 3.05) is 7.05 Å². The zero-order valence-electron chi connectivity index (χ0n) is 12.1. The van der Waals surface area contributed by atoms with Gasteiger partial charge in [-0.1, -0.05) is 42.0 Å². The van der Waals surface area contributed by atoms with Gasteiger partial charge in [0.25, 0.3) is 0 Å². The van der Waals surface area contributed by atoms with Gasteiger partial charge in [0.05, 0.1) is 0 Å². The highest BCUT2D eigenvalue weighted by Crippen LogP contribution is 2.36. The summed E-state index contributed by atoms with van der Waals surface area (Å²) < 4.78 is 6.05. The molecular formula is C18H21NO. The van der Waals surface area contributed by atoms with Gasteiger partial charge < -0.3 is 10.1 Å². The molecule has 1 unspecified atom stereocenters. The monoisotopic (exact) mass is 267 g/mol. The Kier molecular flexibility index (Phi) is 3.75. The molecule has 104 valence electrons. The predicted molar refractivity (Wildman–Crippen MR) is 82.1 cm³/mol. The van der Waals surface area contributed by atoms with Crippen LogP contribution in [0.3, 0.4) is 0 Å². The lowest BCUT2D eigenvalue weighted by Crippen LogP contribution is -2.12. The third-order valence-corrected chi connectivity index (χ3v) is 4.05. The van der Waals surface area contributed by atoms with Crippen LogP contribution in [0, 0.1) is 6.92 Å². The van der Waals surface area contributed by atoms with Gasteiger partial charge in [0.1, 0.15) is 12.4 Å². The maximum absolute atomic E-state index is 6.05. The Bertz CT molecular complexity index is 606. The van der Waals surface area contributed by atoms with E-state index in [2.05, 4.69) is 54.7 Å². The van der Waals surface area contributed by atoms with Crippen molar-refractivity contribution in [2.24, 2.45) is 0 Å². The molecule has 0 bridgehead atoms. The summed E-state index contributed by atoms with van der Waals surface area (Å²) in [7, 11) is 2.03. The van der Waals surface area contributed by atoms with Gasteiger partial charge in [0.2, 0.25) is 0 Å². The van der Waals surface area contributed by atoms with Crippen LogP contribution in [-0.2, 0) is 13.0 Å². The SMILES string of the molecule is CNC1CCc2c(OCc3cccc(C)c3)cccc21. The Hall–Kier alpha value is -1.80. The van der Waals surface area contributed by atoms with Crippen molar-refractivity contribution in [1.82, 2.24) is 5.32 Å². The number of ether oxygens (including phenoxy) is 1. The van der Waals surface area contributed by atoms with Crippen LogP contribution in [0.5, 0.6) is 5.75 Å². The molecule has 1 aliphatic rings. The normalized spacial score (nSPS) is 17.0. The van der Waals surface area contributed by atoms with Crippen LogP contribution in [0.15, 0.2) is 42.5 Å². The molecule has 0 heterocycles. The highest BCUT2D eigenvalue weighted by atomic mass is 16.5. The Morgan fingerprint density at radius 2 is 2.05 bits per heavy atom. The van der Waals surface area contributed by atoms with Gasteiger partial charge in [-0.05, 0) is 49.6 Å². The van der Waals surface area contributed by atoms with Crippen molar-refractivity contribution in [3.63, 3.8) is 0 Å². The van der Waals surface area contributed by atoms with Crippen LogP contribution < -0.4 is 10.1 Å². The summed E-state index contributed by atoms with van der Waals surface area (Å²) in [6.07, 6.45) is 2.27. The zero-order chi connectivity index (χ0) is 13.9. The summed E-state index contributed by atoms with van der Waals surface area (Å²) >= 11 is 0. The Labute approximate surface area is 120 Å². The fourth-order valence-corrected chi connectivity index (χ4v) is 3.02. The third-order valence-electron chi connectivity index (χ3n) is 4.05. The highest BCUT2D eigenvalue weighted by Gasteiger charge is 2.23. The molecule has 0 aromatic heterocycles. The highest BCUT2D eigenvalue weighted by molar-refractivity contribution is 5.45. The lowest BCUT2D eigenvalue weighted by molar-refractivity contribution is 0.303. The molecule has 0 spiro atoms. The standard InChI is InChI=1S/C18H21NO/c1-13-5-3-6-14(11-13)12-20-18-8-4-7-15-16(18)9-10-17(15)19-2/h3-8,11,17,19H,9-10,12H2,1-2H3. The van der Waals surface area contributed by atoms with Crippen LogP contribution in [0.25, 0.3) is 0 Å². The fourth-order valence-electron chi connectivity index (χ4n) is 3.02. The van der Waals surface area contributed by atoms with E-state index in [1.165, 1.54) is 22.3 Å². The van der Waals surface area contributed by atoms with Gasteiger partial charge >= 0.3 is 0 Å². The molecule has 2 aromatic carbocycles. The topological polar surface area (TPSA) is 21.3 Å². The second-order valence-corrected chi connectivity index (χ2v) is 5.48. The minimum atomic E-state index is 0.479. The maximum Gasteiger partial charge on any atom is 0.123 e. The molecule has 3 rings (SSSR count). The van der Waals surface area contributed by atoms with Crippen molar-refractivity contribution in [1.29, 1.82) is 0 Å². The summed E-state index contributed by atoms with van der Waals surface area (Å²) in [6.45, 7) is 2.75. The molecule has 0 radical (unpaired) electrons. The van der Waals surface area contributed by atoms with Crippen LogP contribution in [-0.4, -0.2) is 7.05 Å². The lowest BCUT2D eigenvalue weighted by atomic mass is 10.1. The fraction of sp³-hybridized carbons (Fsp3) is 0.333. The van der Waals surface area contributed by atoms with Gasteiger partial charge in [0.15, 0.2) is 0 Å². The van der Waals surface area contributed by atoms with E-state index in [4.69, 9.17) is 4.74 Å². The average molecular weight is 267 g/mol. The van der Waals surface area contributed by atoms with Crippen LogP contribution >= 0.6 is 0 Å². The first-order valence-corrected chi connectivity index (χ1v) is 7.25. The Morgan fingerprint density at radius 3 is 2.85 bits per heavy atom. The van der Waals surface area contributed by atoms with Gasteiger partial charge in [0, 0.05) is 6.04 Å². The molecule has 0 amide bonds. The van der Waals surface area contributed by atoms with Crippen LogP contribution in [0.2, 0.25) is 0 Å². The number of nitrogens with one attached hydrogen (secondary N) is 1. The van der Waals surface area contributed by atoms with Gasteiger partial charge in [-0.2, -0.15) is 0 Å². The van der Waals surface area contributed by atoms with E-state index in [0.29, 0.717) is 12.6 Å². The number of benzene rings is 2. The van der Waals surface area contributed by atoms with Gasteiger partial charge in [-0.15, -0.1) is 0 Å². The third kappa shape index (κ3) is 2.56. The van der Waals surface area contributed by atoms with Crippen molar-refractivity contribution in [3.05, 3.63) is 64.7 Å². The number of hydrogen-bond acceptors (Lipinski definition) is 2. The Morgan fingerprint density at radius 1 is 1.20 bits per heavy atom. The molecule has 0 aliphatic heterocycles. The number of aryl methyl sites for hydroxylation is 1. The number of hydrogen-bond donors (Lipinski definition) is 1.